The predicted octanol–water partition coefficient (Wildman–Crippen LogP) is 2.37. The highest BCUT2D eigenvalue weighted by Gasteiger charge is 2.29. The van der Waals surface area contributed by atoms with Crippen LogP contribution < -0.4 is 14.8 Å². The van der Waals surface area contributed by atoms with Crippen LogP contribution in [0.3, 0.4) is 0 Å². The van der Waals surface area contributed by atoms with Crippen LogP contribution in [0.25, 0.3) is 0 Å². The Hall–Kier alpha value is -3.69. The third kappa shape index (κ3) is 4.78. The topological polar surface area (TPSA) is 117 Å². The minimum atomic E-state index is -1.21. The lowest BCUT2D eigenvalue weighted by Crippen LogP contribution is -2.35. The van der Waals surface area contributed by atoms with E-state index in [-0.39, 0.29) is 36.8 Å². The smallest absolute Gasteiger partial charge is 0.346 e. The molecule has 1 aliphatic rings. The van der Waals surface area contributed by atoms with Crippen LogP contribution in [-0.4, -0.2) is 36.1 Å². The fourth-order valence-corrected chi connectivity index (χ4v) is 2.61. The molecule has 0 saturated heterocycles. The van der Waals surface area contributed by atoms with Crippen molar-refractivity contribution in [3.63, 3.8) is 0 Å². The maximum Gasteiger partial charge on any atom is 0.346 e. The van der Waals surface area contributed by atoms with E-state index in [1.54, 1.807) is 0 Å². The third-order valence-corrected chi connectivity index (χ3v) is 4.11. The molecule has 0 fully saturated rings. The van der Waals surface area contributed by atoms with E-state index in [1.807, 2.05) is 0 Å². The van der Waals surface area contributed by atoms with Crippen LogP contribution in [0.5, 0.6) is 11.5 Å². The zero-order valence-electron chi connectivity index (χ0n) is 15.3. The van der Waals surface area contributed by atoms with Crippen LogP contribution >= 0.6 is 0 Å². The molecule has 1 heterocycles. The number of rotatable bonds is 6. The number of carbonyl (C=O) groups is 2. The largest absolute Gasteiger partial charge is 0.486 e. The lowest BCUT2D eigenvalue weighted by molar-refractivity contribution is -0.385. The fourth-order valence-electron chi connectivity index (χ4n) is 2.61. The quantitative estimate of drug-likeness (QED) is 0.446. The highest BCUT2D eigenvalue weighted by molar-refractivity contribution is 5.96. The maximum absolute atomic E-state index is 12.9. The predicted molar refractivity (Wildman–Crippen MR) is 97.2 cm³/mol. The molecule has 0 bridgehead atoms. The van der Waals surface area contributed by atoms with Crippen LogP contribution in [-0.2, 0) is 16.1 Å². The van der Waals surface area contributed by atoms with Gasteiger partial charge in [0.1, 0.15) is 24.6 Å². The van der Waals surface area contributed by atoms with Crippen LogP contribution in [0, 0.1) is 15.9 Å². The summed E-state index contributed by atoms with van der Waals surface area (Å²) in [5.74, 6) is -1.71. The molecular formula is C19H17FN2O7. The monoisotopic (exact) mass is 404 g/mol. The first kappa shape index (κ1) is 20.1. The number of carbonyl (C=O) groups excluding carboxylic acids is 2. The summed E-state index contributed by atoms with van der Waals surface area (Å²) in [5, 5.41) is 13.9. The molecule has 0 radical (unpaired) electrons. The van der Waals surface area contributed by atoms with Crippen LogP contribution in [0.1, 0.15) is 22.8 Å². The highest BCUT2D eigenvalue weighted by Crippen LogP contribution is 2.37. The van der Waals surface area contributed by atoms with Gasteiger partial charge in [0.25, 0.3) is 11.6 Å². The molecule has 2 aromatic rings. The maximum atomic E-state index is 12.9. The second-order valence-electron chi connectivity index (χ2n) is 6.16. The second-order valence-corrected chi connectivity index (χ2v) is 6.16. The third-order valence-electron chi connectivity index (χ3n) is 4.11. The van der Waals surface area contributed by atoms with E-state index in [2.05, 4.69) is 5.32 Å². The summed E-state index contributed by atoms with van der Waals surface area (Å²) in [4.78, 5) is 35.2. The van der Waals surface area contributed by atoms with E-state index < -0.39 is 34.4 Å². The number of nitro groups is 1. The molecule has 0 aromatic heterocycles. The van der Waals surface area contributed by atoms with Gasteiger partial charge in [0.2, 0.25) is 0 Å². The van der Waals surface area contributed by atoms with E-state index in [4.69, 9.17) is 14.2 Å². The van der Waals surface area contributed by atoms with E-state index in [0.29, 0.717) is 5.56 Å². The van der Waals surface area contributed by atoms with E-state index >= 15 is 0 Å². The van der Waals surface area contributed by atoms with Crippen molar-refractivity contribution in [1.82, 2.24) is 5.32 Å². The Bertz CT molecular complexity index is 946. The molecule has 10 heteroatoms. The number of nitrogens with zero attached hydrogens (tertiary/aromatic N) is 1. The Morgan fingerprint density at radius 1 is 1.21 bits per heavy atom. The lowest BCUT2D eigenvalue weighted by atomic mass is 10.1. The van der Waals surface area contributed by atoms with Gasteiger partial charge in [-0.3, -0.25) is 14.9 Å². The summed E-state index contributed by atoms with van der Waals surface area (Å²) in [5.41, 5.74) is -0.212. The molecule has 9 nitrogen and oxygen atoms in total. The Balaban J connectivity index is 1.67. The van der Waals surface area contributed by atoms with Gasteiger partial charge in [-0.2, -0.15) is 0 Å². The van der Waals surface area contributed by atoms with E-state index in [1.165, 1.54) is 31.2 Å². The first-order chi connectivity index (χ1) is 13.8. The highest BCUT2D eigenvalue weighted by atomic mass is 19.1. The zero-order chi connectivity index (χ0) is 21.0. The number of amides is 1. The molecule has 3 rings (SSSR count). The Labute approximate surface area is 164 Å². The van der Waals surface area contributed by atoms with Crippen molar-refractivity contribution in [3.05, 3.63) is 63.5 Å². The second kappa shape index (κ2) is 8.55. The van der Waals surface area contributed by atoms with Gasteiger partial charge in [0.15, 0.2) is 17.6 Å². The molecule has 29 heavy (non-hydrogen) atoms. The van der Waals surface area contributed by atoms with Gasteiger partial charge in [0.05, 0.1) is 11.0 Å². The molecule has 152 valence electrons. The van der Waals surface area contributed by atoms with Crippen LogP contribution in [0.4, 0.5) is 10.1 Å². The van der Waals surface area contributed by atoms with E-state index in [0.717, 1.165) is 12.1 Å². The molecule has 0 spiro atoms. The summed E-state index contributed by atoms with van der Waals surface area (Å²) in [6.07, 6.45) is -1.21. The summed E-state index contributed by atoms with van der Waals surface area (Å²) in [6, 6.07) is 7.77. The van der Waals surface area contributed by atoms with E-state index in [9.17, 15) is 24.1 Å². The van der Waals surface area contributed by atoms with Gasteiger partial charge in [0, 0.05) is 12.6 Å². The minimum absolute atomic E-state index is 0.102. The fraction of sp³-hybridized carbons (Fsp3) is 0.263. The van der Waals surface area contributed by atoms with Crippen molar-refractivity contribution in [3.8, 4) is 11.5 Å². The summed E-state index contributed by atoms with van der Waals surface area (Å²) < 4.78 is 28.6. The van der Waals surface area contributed by atoms with Gasteiger partial charge in [-0.05, 0) is 24.6 Å². The number of hydrogen-bond acceptors (Lipinski definition) is 7. The molecule has 1 aliphatic heterocycles. The number of esters is 1. The number of ether oxygens (including phenoxy) is 3. The van der Waals surface area contributed by atoms with Crippen molar-refractivity contribution >= 4 is 17.6 Å². The van der Waals surface area contributed by atoms with Gasteiger partial charge < -0.3 is 19.5 Å². The molecular weight excluding hydrogens is 387 g/mol. The molecule has 1 amide bonds. The van der Waals surface area contributed by atoms with Crippen LogP contribution in [0.2, 0.25) is 0 Å². The summed E-state index contributed by atoms with van der Waals surface area (Å²) in [6.45, 7) is 1.91. The molecule has 0 saturated carbocycles. The lowest BCUT2D eigenvalue weighted by Gasteiger charge is -2.19. The first-order valence-corrected chi connectivity index (χ1v) is 8.66. The first-order valence-electron chi connectivity index (χ1n) is 8.66. The molecule has 0 unspecified atom stereocenters. The number of benzene rings is 2. The van der Waals surface area contributed by atoms with Crippen molar-refractivity contribution in [2.45, 2.75) is 19.6 Å². The molecule has 2 aromatic carbocycles. The number of halogens is 1. The normalized spacial score (nSPS) is 13.3. The number of nitrogens with one attached hydrogen (secondary N) is 1. The van der Waals surface area contributed by atoms with Crippen molar-refractivity contribution < 1.29 is 33.1 Å². The van der Waals surface area contributed by atoms with Gasteiger partial charge in [-0.25, -0.2) is 9.18 Å². The minimum Gasteiger partial charge on any atom is -0.486 e. The molecule has 0 aliphatic carbocycles. The number of nitro benzene ring substituents is 1. The molecule has 1 N–H and O–H groups in total. The summed E-state index contributed by atoms with van der Waals surface area (Å²) >= 11 is 0. The van der Waals surface area contributed by atoms with Crippen molar-refractivity contribution in [2.24, 2.45) is 0 Å². The summed E-state index contributed by atoms with van der Waals surface area (Å²) in [7, 11) is 0. The SMILES string of the molecule is C[C@@H](OC(=O)c1cc2c(cc1[N+](=O)[O-])OCCO2)C(=O)NCc1ccc(F)cc1. The Morgan fingerprint density at radius 2 is 1.83 bits per heavy atom. The number of hydrogen-bond donors (Lipinski definition) is 1. The van der Waals surface area contributed by atoms with Gasteiger partial charge in [-0.15, -0.1) is 0 Å². The Morgan fingerprint density at radius 3 is 2.45 bits per heavy atom. The molecule has 1 atom stereocenters. The average molecular weight is 404 g/mol. The van der Waals surface area contributed by atoms with Crippen molar-refractivity contribution in [2.75, 3.05) is 13.2 Å². The van der Waals surface area contributed by atoms with Crippen LogP contribution in [0.15, 0.2) is 36.4 Å². The standard InChI is InChI=1S/C19H17FN2O7/c1-11(18(23)21-10-12-2-4-13(20)5-3-12)29-19(24)14-8-16-17(28-7-6-27-16)9-15(14)22(25)26/h2-5,8-9,11H,6-7,10H2,1H3,(H,21,23)/t11-/m1/s1. The Kier molecular flexibility index (Phi) is 5.91. The average Bonchev–Trinajstić information content (AvgIpc) is 2.71. The van der Waals surface area contributed by atoms with Gasteiger partial charge >= 0.3 is 5.97 Å². The van der Waals surface area contributed by atoms with Crippen molar-refractivity contribution in [1.29, 1.82) is 0 Å². The van der Waals surface area contributed by atoms with Gasteiger partial charge in [-0.1, -0.05) is 12.1 Å². The number of fused-ring (bicyclic) bond motifs is 1. The zero-order valence-corrected chi connectivity index (χ0v) is 15.3.